The molecule has 3 amide bonds. The summed E-state index contributed by atoms with van der Waals surface area (Å²) < 4.78 is 51.4. The van der Waals surface area contributed by atoms with Gasteiger partial charge in [0.2, 0.25) is 5.91 Å². The first-order chi connectivity index (χ1) is 31.4. The number of halogens is 2. The van der Waals surface area contributed by atoms with Gasteiger partial charge >= 0.3 is 6.03 Å². The number of ether oxygens (including phenoxy) is 2. The van der Waals surface area contributed by atoms with Crippen molar-refractivity contribution in [3.8, 4) is 17.6 Å². The Bertz CT molecular complexity index is 2690. The minimum absolute atomic E-state index is 0.0477. The maximum absolute atomic E-state index is 15.8. The summed E-state index contributed by atoms with van der Waals surface area (Å²) in [5, 5.41) is 26.8. The van der Waals surface area contributed by atoms with Crippen molar-refractivity contribution in [1.29, 1.82) is 5.26 Å². The number of amides is 3. The molecule has 16 nitrogen and oxygen atoms in total. The van der Waals surface area contributed by atoms with Gasteiger partial charge in [-0.1, -0.05) is 13.8 Å². The smallest absolute Gasteiger partial charge is 0.329 e. The Kier molecular flexibility index (Phi) is 13.7. The van der Waals surface area contributed by atoms with Crippen molar-refractivity contribution in [2.75, 3.05) is 56.1 Å². The predicted molar refractivity (Wildman–Crippen MR) is 244 cm³/mol. The van der Waals surface area contributed by atoms with Crippen LogP contribution in [0.5, 0.6) is 11.5 Å². The fraction of sp³-hybridized carbons (Fsp3) is 0.478. The number of piperidine rings is 1. The number of carbonyl (C=O) groups excluding carboxylic acids is 2. The van der Waals surface area contributed by atoms with E-state index in [4.69, 9.17) is 9.47 Å². The van der Waals surface area contributed by atoms with Crippen molar-refractivity contribution >= 4 is 57.4 Å². The molecule has 19 heteroatoms. The van der Waals surface area contributed by atoms with E-state index in [9.17, 15) is 24.8 Å². The summed E-state index contributed by atoms with van der Waals surface area (Å²) >= 11 is 1.14. The van der Waals surface area contributed by atoms with Crippen LogP contribution in [-0.2, 0) is 16.6 Å². The van der Waals surface area contributed by atoms with Gasteiger partial charge in [0.1, 0.15) is 23.2 Å². The molecule has 1 aliphatic carbocycles. The number of aromatic nitrogens is 4. The second-order valence-electron chi connectivity index (χ2n) is 16.9. The van der Waals surface area contributed by atoms with Gasteiger partial charge in [0.05, 0.1) is 53.3 Å². The first kappa shape index (κ1) is 45.9. The van der Waals surface area contributed by atoms with Crippen LogP contribution in [0.3, 0.4) is 0 Å². The molecule has 1 unspecified atom stereocenters. The molecule has 3 aromatic carbocycles. The van der Waals surface area contributed by atoms with Gasteiger partial charge in [-0.25, -0.2) is 22.9 Å². The van der Waals surface area contributed by atoms with Crippen molar-refractivity contribution in [3.05, 3.63) is 81.9 Å². The molecule has 1 spiro atoms. The highest BCUT2D eigenvalue weighted by Gasteiger charge is 2.45. The lowest BCUT2D eigenvalue weighted by Gasteiger charge is -2.44. The molecule has 1 atom stereocenters. The van der Waals surface area contributed by atoms with E-state index < -0.39 is 11.8 Å². The SMILES string of the molecule is CC.CN(CCO)SNc1ccc(F)c(Oc2ccc3ncn(C4COC5(CCN(C6CCC(c7cc8c(cc7F)c(N7CCC(=O)NC7=O)nn8C)CC6)CC5)C4)c(=O)c3c2)c1C#N. The average Bonchev–Trinajstić information content (AvgIpc) is 3.86. The summed E-state index contributed by atoms with van der Waals surface area (Å²) in [6.45, 7) is 6.60. The quantitative estimate of drug-likeness (QED) is 0.114. The Morgan fingerprint density at radius 3 is 2.52 bits per heavy atom. The molecule has 3 saturated heterocycles. The number of carbonyl (C=O) groups is 2. The topological polar surface area (TPSA) is 183 Å². The van der Waals surface area contributed by atoms with Crippen LogP contribution in [-0.4, -0.2) is 104 Å². The summed E-state index contributed by atoms with van der Waals surface area (Å²) in [5.74, 6) is -1.08. The third-order valence-corrected chi connectivity index (χ3v) is 13.9. The van der Waals surface area contributed by atoms with Crippen molar-refractivity contribution < 1.29 is 33.0 Å². The van der Waals surface area contributed by atoms with Crippen LogP contribution in [0.25, 0.3) is 21.8 Å². The van der Waals surface area contributed by atoms with Crippen molar-refractivity contribution in [2.45, 2.75) is 88.8 Å². The van der Waals surface area contributed by atoms with Gasteiger partial charge in [0.15, 0.2) is 17.4 Å². The number of nitriles is 1. The maximum atomic E-state index is 15.8. The molecule has 65 heavy (non-hydrogen) atoms. The zero-order valence-corrected chi connectivity index (χ0v) is 37.8. The second-order valence-corrected chi connectivity index (χ2v) is 17.9. The van der Waals surface area contributed by atoms with Crippen LogP contribution < -0.4 is 25.2 Å². The summed E-state index contributed by atoms with van der Waals surface area (Å²) in [7, 11) is 3.53. The first-order valence-electron chi connectivity index (χ1n) is 22.3. The lowest BCUT2D eigenvalue weighted by Crippen LogP contribution is -2.49. The summed E-state index contributed by atoms with van der Waals surface area (Å²) in [6, 6.07) is 12.3. The minimum Gasteiger partial charge on any atom is -0.453 e. The summed E-state index contributed by atoms with van der Waals surface area (Å²) in [6.07, 6.45) is 7.61. The fourth-order valence-electron chi connectivity index (χ4n) is 9.67. The molecule has 4 fully saturated rings. The molecular formula is C46H54F2N10O6S. The molecule has 2 aromatic heterocycles. The van der Waals surface area contributed by atoms with E-state index in [1.165, 1.54) is 29.2 Å². The van der Waals surface area contributed by atoms with Gasteiger partial charge in [-0.15, -0.1) is 0 Å². The van der Waals surface area contributed by atoms with Gasteiger partial charge < -0.3 is 24.2 Å². The van der Waals surface area contributed by atoms with E-state index in [0.29, 0.717) is 59.0 Å². The molecular weight excluding hydrogens is 859 g/mol. The molecule has 0 radical (unpaired) electrons. The zero-order chi connectivity index (χ0) is 46.0. The molecule has 5 aromatic rings. The number of rotatable bonds is 11. The van der Waals surface area contributed by atoms with Gasteiger partial charge in [-0.2, -0.15) is 10.4 Å². The number of aliphatic hydroxyl groups excluding tert-OH is 1. The number of anilines is 2. The van der Waals surface area contributed by atoms with Gasteiger partial charge in [0.25, 0.3) is 5.56 Å². The standard InChI is InChI=1S/C44H48F2N10O6S.C2H6/c1-52(17-18-57)63-51-37-10-8-34(45)40(33(37)23-47)62-29-7-9-36-31(19-29)42(59)56(25-48-36)28-22-44(61-24-28)12-15-54(16-13-44)27-5-3-26(4-6-27)30-21-38-32(20-35(30)46)41(50-53(38)2)55-14-11-39(58)49-43(55)60;1-2/h7-10,19-21,25-28,51,57H,3-6,11-18,22,24H2,1-2H3,(H,49,58,60);1-2H3. The van der Waals surface area contributed by atoms with E-state index in [2.05, 4.69) is 25.0 Å². The number of imide groups is 1. The van der Waals surface area contributed by atoms with Crippen LogP contribution in [0.4, 0.5) is 25.1 Å². The maximum Gasteiger partial charge on any atom is 0.329 e. The molecule has 3 aliphatic heterocycles. The van der Waals surface area contributed by atoms with Crippen molar-refractivity contribution in [3.63, 3.8) is 0 Å². The van der Waals surface area contributed by atoms with Gasteiger partial charge in [0, 0.05) is 63.2 Å². The summed E-state index contributed by atoms with van der Waals surface area (Å²) in [5.41, 5.74) is 1.51. The third-order valence-electron chi connectivity index (χ3n) is 13.1. The zero-order valence-electron chi connectivity index (χ0n) is 37.0. The second kappa shape index (κ2) is 19.4. The van der Waals surface area contributed by atoms with E-state index in [1.54, 1.807) is 46.1 Å². The highest BCUT2D eigenvalue weighted by atomic mass is 32.2. The normalized spacial score (nSPS) is 21.1. The predicted octanol–water partition coefficient (Wildman–Crippen LogP) is 7.12. The highest BCUT2D eigenvalue weighted by Crippen LogP contribution is 2.44. The molecule has 5 heterocycles. The van der Waals surface area contributed by atoms with E-state index in [0.717, 1.165) is 69.3 Å². The Labute approximate surface area is 379 Å². The van der Waals surface area contributed by atoms with E-state index >= 15 is 8.78 Å². The van der Waals surface area contributed by atoms with E-state index in [1.807, 2.05) is 26.0 Å². The third kappa shape index (κ3) is 9.27. The van der Waals surface area contributed by atoms with Gasteiger partial charge in [-0.3, -0.25) is 29.1 Å². The number of aryl methyl sites for hydroxylation is 1. The molecule has 3 N–H and O–H groups in total. The molecule has 9 rings (SSSR count). The van der Waals surface area contributed by atoms with Crippen LogP contribution in [0, 0.1) is 23.0 Å². The van der Waals surface area contributed by atoms with Crippen LogP contribution in [0.2, 0.25) is 0 Å². The monoisotopic (exact) mass is 912 g/mol. The minimum atomic E-state index is -0.737. The Morgan fingerprint density at radius 1 is 1.03 bits per heavy atom. The Morgan fingerprint density at radius 2 is 1.80 bits per heavy atom. The first-order valence-corrected chi connectivity index (χ1v) is 23.0. The van der Waals surface area contributed by atoms with E-state index in [-0.39, 0.29) is 71.5 Å². The van der Waals surface area contributed by atoms with Crippen molar-refractivity contribution in [1.82, 2.24) is 33.9 Å². The van der Waals surface area contributed by atoms with Gasteiger partial charge in [-0.05, 0) is 106 Å². The lowest BCUT2D eigenvalue weighted by molar-refractivity contribution is -0.120. The number of aliphatic hydroxyl groups is 1. The Balaban J connectivity index is 0.00000284. The van der Waals surface area contributed by atoms with Crippen LogP contribution in [0.1, 0.15) is 88.3 Å². The number of likely N-dealkylation sites (tertiary alicyclic amines) is 1. The lowest BCUT2D eigenvalue weighted by atomic mass is 9.79. The van der Waals surface area contributed by atoms with Crippen molar-refractivity contribution in [2.24, 2.45) is 7.05 Å². The number of nitrogens with one attached hydrogen (secondary N) is 2. The average molecular weight is 913 g/mol. The van der Waals surface area contributed by atoms with Crippen LogP contribution in [0.15, 0.2) is 53.6 Å². The number of hydrogen-bond acceptors (Lipinski definition) is 13. The highest BCUT2D eigenvalue weighted by molar-refractivity contribution is 7.98. The molecule has 344 valence electrons. The number of benzene rings is 3. The number of fused-ring (bicyclic) bond motifs is 2. The number of urea groups is 1. The van der Waals surface area contributed by atoms with Crippen LogP contribution >= 0.6 is 12.1 Å². The number of nitrogens with zero attached hydrogens (tertiary/aromatic N) is 8. The Hall–Kier alpha value is -5.65. The number of likely N-dealkylation sites (N-methyl/N-ethyl adjacent to an activating group) is 1. The fourth-order valence-corrected chi connectivity index (χ4v) is 10.3. The molecule has 1 saturated carbocycles. The summed E-state index contributed by atoms with van der Waals surface area (Å²) in [4.78, 5) is 46.7. The largest absolute Gasteiger partial charge is 0.453 e. The molecule has 0 bridgehead atoms. The molecule has 4 aliphatic rings. The number of hydrogen-bond donors (Lipinski definition) is 3.